The van der Waals surface area contributed by atoms with Gasteiger partial charge in [0.1, 0.15) is 12.1 Å². The number of nitrogens with one attached hydrogen (secondary N) is 2. The van der Waals surface area contributed by atoms with E-state index in [0.717, 1.165) is 0 Å². The first-order chi connectivity index (χ1) is 8.58. The van der Waals surface area contributed by atoms with Gasteiger partial charge in [-0.15, -0.1) is 0 Å². The predicted molar refractivity (Wildman–Crippen MR) is 60.0 cm³/mol. The maximum Gasteiger partial charge on any atom is 0.328 e. The van der Waals surface area contributed by atoms with Crippen LogP contribution < -0.4 is 10.6 Å². The Hall–Kier alpha value is -2.10. The van der Waals surface area contributed by atoms with E-state index in [1.165, 1.54) is 7.11 Å². The van der Waals surface area contributed by atoms with Crippen LogP contribution in [0.3, 0.4) is 0 Å². The number of nitriles is 1. The van der Waals surface area contributed by atoms with Gasteiger partial charge >= 0.3 is 5.97 Å². The molecule has 1 aliphatic heterocycles. The maximum atomic E-state index is 11.8. The molecule has 0 bridgehead atoms. The molecule has 98 valence electrons. The third-order valence-corrected chi connectivity index (χ3v) is 2.66. The van der Waals surface area contributed by atoms with Crippen molar-refractivity contribution in [2.75, 3.05) is 7.11 Å². The molecule has 7 nitrogen and oxygen atoms in total. The second-order valence-electron chi connectivity index (χ2n) is 3.94. The molecule has 0 unspecified atom stereocenters. The first kappa shape index (κ1) is 14.0. The Kier molecular flexibility index (Phi) is 5.11. The van der Waals surface area contributed by atoms with Crippen LogP contribution in [-0.2, 0) is 19.1 Å². The third-order valence-electron chi connectivity index (χ3n) is 2.66. The number of esters is 1. The first-order valence-corrected chi connectivity index (χ1v) is 5.63. The largest absolute Gasteiger partial charge is 0.467 e. The predicted octanol–water partition coefficient (Wildman–Crippen LogP) is -0.773. The van der Waals surface area contributed by atoms with Crippen molar-refractivity contribution in [2.45, 2.75) is 37.8 Å². The molecule has 18 heavy (non-hydrogen) atoms. The Labute approximate surface area is 104 Å². The smallest absolute Gasteiger partial charge is 0.328 e. The van der Waals surface area contributed by atoms with Gasteiger partial charge in [0, 0.05) is 12.8 Å². The summed E-state index contributed by atoms with van der Waals surface area (Å²) in [6, 6.07) is 0.446. The van der Waals surface area contributed by atoms with Crippen molar-refractivity contribution in [2.24, 2.45) is 0 Å². The van der Waals surface area contributed by atoms with Gasteiger partial charge < -0.3 is 15.4 Å². The minimum Gasteiger partial charge on any atom is -0.467 e. The lowest BCUT2D eigenvalue weighted by atomic mass is 10.1. The highest BCUT2D eigenvalue weighted by atomic mass is 16.5. The molecule has 2 N–H and O–H groups in total. The molecule has 2 amide bonds. The summed E-state index contributed by atoms with van der Waals surface area (Å²) >= 11 is 0. The minimum absolute atomic E-state index is 0.136. The lowest BCUT2D eigenvalue weighted by molar-refractivity contribution is -0.145. The number of carbonyl (C=O) groups excluding carboxylic acids is 3. The fraction of sp³-hybridized carbons (Fsp3) is 0.636. The van der Waals surface area contributed by atoms with Crippen LogP contribution in [-0.4, -0.2) is 37.0 Å². The highest BCUT2D eigenvalue weighted by Gasteiger charge is 2.30. The molecule has 7 heteroatoms. The van der Waals surface area contributed by atoms with Crippen LogP contribution in [0.25, 0.3) is 0 Å². The van der Waals surface area contributed by atoms with E-state index < -0.39 is 24.0 Å². The summed E-state index contributed by atoms with van der Waals surface area (Å²) in [6.45, 7) is 0. The summed E-state index contributed by atoms with van der Waals surface area (Å²) in [4.78, 5) is 34.1. The van der Waals surface area contributed by atoms with Gasteiger partial charge in [0.15, 0.2) is 0 Å². The highest BCUT2D eigenvalue weighted by molar-refractivity contribution is 5.93. The van der Waals surface area contributed by atoms with Crippen LogP contribution in [0.15, 0.2) is 0 Å². The SMILES string of the molecule is COC(=O)[C@H](CCC#N)NC(=O)[C@@H]1CCC(=O)N1. The Morgan fingerprint density at radius 1 is 1.67 bits per heavy atom. The van der Waals surface area contributed by atoms with Crippen molar-refractivity contribution in [1.82, 2.24) is 10.6 Å². The fourth-order valence-corrected chi connectivity index (χ4v) is 1.68. The van der Waals surface area contributed by atoms with Crippen molar-refractivity contribution in [1.29, 1.82) is 5.26 Å². The van der Waals surface area contributed by atoms with E-state index in [4.69, 9.17) is 5.26 Å². The monoisotopic (exact) mass is 253 g/mol. The zero-order valence-electron chi connectivity index (χ0n) is 10.1. The molecule has 0 aromatic carbocycles. The second kappa shape index (κ2) is 6.59. The van der Waals surface area contributed by atoms with E-state index in [2.05, 4.69) is 15.4 Å². The topological polar surface area (TPSA) is 108 Å². The van der Waals surface area contributed by atoms with Crippen molar-refractivity contribution in [3.63, 3.8) is 0 Å². The molecule has 1 fully saturated rings. The molecule has 0 radical (unpaired) electrons. The standard InChI is InChI=1S/C11H15N3O4/c1-18-11(17)8(3-2-6-12)14-10(16)7-4-5-9(15)13-7/h7-8H,2-5H2,1H3,(H,13,15)(H,14,16)/t7-,8-/m0/s1. The normalized spacial score (nSPS) is 19.6. The quantitative estimate of drug-likeness (QED) is 0.625. The number of hydrogen-bond acceptors (Lipinski definition) is 5. The number of rotatable bonds is 5. The van der Waals surface area contributed by atoms with Crippen LogP contribution in [0, 0.1) is 11.3 Å². The molecular formula is C11H15N3O4. The van der Waals surface area contributed by atoms with Gasteiger partial charge in [-0.05, 0) is 12.8 Å². The number of nitrogens with zero attached hydrogens (tertiary/aromatic N) is 1. The summed E-state index contributed by atoms with van der Waals surface area (Å²) < 4.78 is 4.54. The average Bonchev–Trinajstić information content (AvgIpc) is 2.80. The maximum absolute atomic E-state index is 11.8. The fourth-order valence-electron chi connectivity index (χ4n) is 1.68. The van der Waals surface area contributed by atoms with Gasteiger partial charge in [-0.2, -0.15) is 5.26 Å². The zero-order chi connectivity index (χ0) is 13.5. The van der Waals surface area contributed by atoms with E-state index in [9.17, 15) is 14.4 Å². The van der Waals surface area contributed by atoms with Crippen LogP contribution in [0.1, 0.15) is 25.7 Å². The molecule has 1 aliphatic rings. The molecule has 1 saturated heterocycles. The number of amides is 2. The van der Waals surface area contributed by atoms with Crippen molar-refractivity contribution in [3.8, 4) is 6.07 Å². The van der Waals surface area contributed by atoms with E-state index in [0.29, 0.717) is 12.8 Å². The summed E-state index contributed by atoms with van der Waals surface area (Å²) in [5.41, 5.74) is 0. The van der Waals surface area contributed by atoms with Crippen molar-refractivity contribution in [3.05, 3.63) is 0 Å². The van der Waals surface area contributed by atoms with Crippen LogP contribution >= 0.6 is 0 Å². The molecule has 0 aromatic heterocycles. The summed E-state index contributed by atoms with van der Waals surface area (Å²) in [5.74, 6) is -1.20. The average molecular weight is 253 g/mol. The molecule has 0 spiro atoms. The van der Waals surface area contributed by atoms with Gasteiger partial charge in [0.05, 0.1) is 13.2 Å². The van der Waals surface area contributed by atoms with E-state index >= 15 is 0 Å². The summed E-state index contributed by atoms with van der Waals surface area (Å²) in [7, 11) is 1.21. The lowest BCUT2D eigenvalue weighted by Gasteiger charge is -2.17. The molecule has 0 aliphatic carbocycles. The van der Waals surface area contributed by atoms with Gasteiger partial charge in [-0.1, -0.05) is 0 Å². The number of hydrogen-bond donors (Lipinski definition) is 2. The Bertz CT molecular complexity index is 388. The highest BCUT2D eigenvalue weighted by Crippen LogP contribution is 2.08. The molecule has 2 atom stereocenters. The van der Waals surface area contributed by atoms with Gasteiger partial charge in [0.25, 0.3) is 0 Å². The van der Waals surface area contributed by atoms with Crippen molar-refractivity contribution < 1.29 is 19.1 Å². The van der Waals surface area contributed by atoms with Crippen LogP contribution in [0.4, 0.5) is 0 Å². The van der Waals surface area contributed by atoms with E-state index in [1.807, 2.05) is 6.07 Å². The molecule has 1 rings (SSSR count). The van der Waals surface area contributed by atoms with Gasteiger partial charge in [-0.25, -0.2) is 4.79 Å². The molecule has 1 heterocycles. The summed E-state index contributed by atoms with van der Waals surface area (Å²) in [6.07, 6.45) is 1.04. The molecular weight excluding hydrogens is 238 g/mol. The second-order valence-corrected chi connectivity index (χ2v) is 3.94. The van der Waals surface area contributed by atoms with Crippen LogP contribution in [0.2, 0.25) is 0 Å². The Morgan fingerprint density at radius 2 is 2.39 bits per heavy atom. The first-order valence-electron chi connectivity index (χ1n) is 5.63. The summed E-state index contributed by atoms with van der Waals surface area (Å²) in [5, 5.41) is 13.5. The van der Waals surface area contributed by atoms with E-state index in [1.54, 1.807) is 0 Å². The number of carbonyl (C=O) groups is 3. The van der Waals surface area contributed by atoms with Gasteiger partial charge in [0.2, 0.25) is 11.8 Å². The molecule has 0 saturated carbocycles. The number of ether oxygens (including phenoxy) is 1. The Morgan fingerprint density at radius 3 is 2.89 bits per heavy atom. The minimum atomic E-state index is -0.848. The van der Waals surface area contributed by atoms with Gasteiger partial charge in [-0.3, -0.25) is 9.59 Å². The zero-order valence-corrected chi connectivity index (χ0v) is 10.1. The lowest BCUT2D eigenvalue weighted by Crippen LogP contribution is -2.49. The molecule has 0 aromatic rings. The van der Waals surface area contributed by atoms with Crippen LogP contribution in [0.5, 0.6) is 0 Å². The number of methoxy groups -OCH3 is 1. The Balaban J connectivity index is 2.54. The van der Waals surface area contributed by atoms with Crippen molar-refractivity contribution >= 4 is 17.8 Å². The van der Waals surface area contributed by atoms with E-state index in [-0.39, 0.29) is 18.7 Å². The third kappa shape index (κ3) is 3.73.